The fourth-order valence-electron chi connectivity index (χ4n) is 1.28. The second-order valence-electron chi connectivity index (χ2n) is 3.86. The summed E-state index contributed by atoms with van der Waals surface area (Å²) in [5.41, 5.74) is 6.27. The average Bonchev–Trinajstić information content (AvgIpc) is 2.38. The van der Waals surface area contributed by atoms with Crippen LogP contribution in [0, 0.1) is 0 Å². The van der Waals surface area contributed by atoms with Gasteiger partial charge in [-0.1, -0.05) is 6.92 Å². The van der Waals surface area contributed by atoms with Crippen molar-refractivity contribution in [3.05, 3.63) is 24.3 Å². The molecule has 100 valence electrons. The predicted molar refractivity (Wildman–Crippen MR) is 77.2 cm³/mol. The lowest BCUT2D eigenvalue weighted by Gasteiger charge is -2.09. The van der Waals surface area contributed by atoms with Gasteiger partial charge in [-0.2, -0.15) is 0 Å². The predicted octanol–water partition coefficient (Wildman–Crippen LogP) is 2.10. The number of carbonyl (C=O) groups excluding carboxylic acids is 1. The van der Waals surface area contributed by atoms with Gasteiger partial charge in [0.05, 0.1) is 12.4 Å². The molecular formula is C13H20N2O2S. The molecule has 1 atom stereocenters. The van der Waals surface area contributed by atoms with Crippen LogP contribution in [-0.4, -0.2) is 30.1 Å². The van der Waals surface area contributed by atoms with E-state index in [1.165, 1.54) is 0 Å². The number of thioether (sulfide) groups is 1. The number of carbonyl (C=O) groups is 1. The third kappa shape index (κ3) is 5.42. The number of ether oxygens (including phenoxy) is 1. The first-order valence-corrected chi connectivity index (χ1v) is 7.05. The maximum absolute atomic E-state index is 11.6. The summed E-state index contributed by atoms with van der Waals surface area (Å²) in [4.78, 5) is 11.6. The highest BCUT2D eigenvalue weighted by molar-refractivity contribution is 8.00. The Labute approximate surface area is 112 Å². The molecule has 0 aliphatic heterocycles. The van der Waals surface area contributed by atoms with Crippen LogP contribution >= 0.6 is 11.8 Å². The lowest BCUT2D eigenvalue weighted by atomic mass is 10.3. The van der Waals surface area contributed by atoms with Crippen molar-refractivity contribution in [2.75, 3.05) is 24.2 Å². The number of hydrogen-bond donors (Lipinski definition) is 2. The van der Waals surface area contributed by atoms with E-state index in [1.807, 2.05) is 38.1 Å². The number of benzene rings is 1. The highest BCUT2D eigenvalue weighted by Gasteiger charge is 2.06. The quantitative estimate of drug-likeness (QED) is 0.795. The van der Waals surface area contributed by atoms with Crippen molar-refractivity contribution in [3.63, 3.8) is 0 Å². The molecule has 1 aromatic rings. The molecule has 0 aromatic heterocycles. The lowest BCUT2D eigenvalue weighted by molar-refractivity contribution is -0.113. The third-order valence-corrected chi connectivity index (χ3v) is 3.47. The molecule has 0 heterocycles. The first-order valence-electron chi connectivity index (χ1n) is 6.00. The normalized spacial score (nSPS) is 11.9. The molecule has 0 radical (unpaired) electrons. The van der Waals surface area contributed by atoms with Crippen LogP contribution in [0.4, 0.5) is 5.69 Å². The molecule has 3 N–H and O–H groups in total. The van der Waals surface area contributed by atoms with Crippen LogP contribution in [0.15, 0.2) is 24.3 Å². The largest absolute Gasteiger partial charge is 0.494 e. The van der Waals surface area contributed by atoms with Crippen molar-refractivity contribution in [3.8, 4) is 5.75 Å². The zero-order valence-electron chi connectivity index (χ0n) is 10.8. The summed E-state index contributed by atoms with van der Waals surface area (Å²) in [5, 5.41) is 3.14. The first kappa shape index (κ1) is 14.9. The van der Waals surface area contributed by atoms with Gasteiger partial charge in [0, 0.05) is 17.5 Å². The van der Waals surface area contributed by atoms with Crippen LogP contribution in [-0.2, 0) is 4.79 Å². The zero-order valence-corrected chi connectivity index (χ0v) is 11.6. The molecule has 0 bridgehead atoms. The average molecular weight is 268 g/mol. The summed E-state index contributed by atoms with van der Waals surface area (Å²) < 4.78 is 5.33. The third-order valence-electron chi connectivity index (χ3n) is 2.28. The summed E-state index contributed by atoms with van der Waals surface area (Å²) in [6.45, 7) is 5.17. The van der Waals surface area contributed by atoms with E-state index in [9.17, 15) is 4.79 Å². The van der Waals surface area contributed by atoms with E-state index < -0.39 is 0 Å². The first-order chi connectivity index (χ1) is 8.65. The summed E-state index contributed by atoms with van der Waals surface area (Å²) >= 11 is 1.55. The Morgan fingerprint density at radius 1 is 1.44 bits per heavy atom. The molecule has 5 heteroatoms. The van der Waals surface area contributed by atoms with Crippen LogP contribution in [0.5, 0.6) is 5.75 Å². The van der Waals surface area contributed by atoms with Gasteiger partial charge in [0.25, 0.3) is 0 Å². The number of anilines is 1. The molecule has 1 unspecified atom stereocenters. The van der Waals surface area contributed by atoms with Gasteiger partial charge in [-0.25, -0.2) is 0 Å². The van der Waals surface area contributed by atoms with Gasteiger partial charge < -0.3 is 15.8 Å². The van der Waals surface area contributed by atoms with Crippen molar-refractivity contribution in [1.29, 1.82) is 0 Å². The number of amides is 1. The summed E-state index contributed by atoms with van der Waals surface area (Å²) in [7, 11) is 0. The molecular weight excluding hydrogens is 248 g/mol. The topological polar surface area (TPSA) is 64.3 Å². The molecule has 1 aromatic carbocycles. The minimum Gasteiger partial charge on any atom is -0.494 e. The van der Waals surface area contributed by atoms with Gasteiger partial charge in [-0.3, -0.25) is 4.79 Å². The Balaban J connectivity index is 2.39. The molecule has 0 spiro atoms. The van der Waals surface area contributed by atoms with Gasteiger partial charge >= 0.3 is 0 Å². The van der Waals surface area contributed by atoms with Crippen molar-refractivity contribution in [1.82, 2.24) is 0 Å². The van der Waals surface area contributed by atoms with Gasteiger partial charge in [0.2, 0.25) is 5.91 Å². The van der Waals surface area contributed by atoms with E-state index in [4.69, 9.17) is 10.5 Å². The smallest absolute Gasteiger partial charge is 0.234 e. The van der Waals surface area contributed by atoms with E-state index in [0.717, 1.165) is 11.4 Å². The number of nitrogens with two attached hydrogens (primary N) is 1. The molecule has 18 heavy (non-hydrogen) atoms. The van der Waals surface area contributed by atoms with E-state index in [-0.39, 0.29) is 5.91 Å². The molecule has 0 saturated carbocycles. The highest BCUT2D eigenvalue weighted by atomic mass is 32.2. The second-order valence-corrected chi connectivity index (χ2v) is 5.29. The van der Waals surface area contributed by atoms with Crippen LogP contribution in [0.1, 0.15) is 13.8 Å². The van der Waals surface area contributed by atoms with E-state index in [1.54, 1.807) is 11.8 Å². The van der Waals surface area contributed by atoms with E-state index in [2.05, 4.69) is 5.32 Å². The van der Waals surface area contributed by atoms with E-state index in [0.29, 0.717) is 24.2 Å². The Kier molecular flexibility index (Phi) is 6.60. The Bertz CT molecular complexity index is 368. The Morgan fingerprint density at radius 2 is 2.11 bits per heavy atom. The number of hydrogen-bond acceptors (Lipinski definition) is 4. The summed E-state index contributed by atoms with van der Waals surface area (Å²) in [6, 6.07) is 7.35. The second kappa shape index (κ2) is 8.00. The van der Waals surface area contributed by atoms with Crippen LogP contribution in [0.25, 0.3) is 0 Å². The van der Waals surface area contributed by atoms with Crippen LogP contribution in [0.3, 0.4) is 0 Å². The van der Waals surface area contributed by atoms with Crippen LogP contribution < -0.4 is 15.8 Å². The zero-order chi connectivity index (χ0) is 13.4. The Hall–Kier alpha value is -1.20. The van der Waals surface area contributed by atoms with Gasteiger partial charge in [-0.15, -0.1) is 11.8 Å². The monoisotopic (exact) mass is 268 g/mol. The molecule has 1 rings (SSSR count). The lowest BCUT2D eigenvalue weighted by Crippen LogP contribution is -2.19. The fourth-order valence-corrected chi connectivity index (χ4v) is 1.93. The number of rotatable bonds is 7. The minimum atomic E-state index is -0.00976. The molecule has 0 aliphatic carbocycles. The maximum atomic E-state index is 11.6. The molecule has 1 amide bonds. The highest BCUT2D eigenvalue weighted by Crippen LogP contribution is 2.16. The van der Waals surface area contributed by atoms with Crippen molar-refractivity contribution in [2.45, 2.75) is 19.1 Å². The molecule has 0 fully saturated rings. The standard InChI is InChI=1S/C13H20N2O2S/c1-3-17-12-6-4-11(5-7-12)15-13(16)9-18-10(2)8-14/h4-7,10H,3,8-9,14H2,1-2H3,(H,15,16). The van der Waals surface area contributed by atoms with Crippen LogP contribution in [0.2, 0.25) is 0 Å². The SMILES string of the molecule is CCOc1ccc(NC(=O)CSC(C)CN)cc1. The van der Waals surface area contributed by atoms with Gasteiger partial charge in [0.15, 0.2) is 0 Å². The molecule has 0 saturated heterocycles. The van der Waals surface area contributed by atoms with Crippen molar-refractivity contribution in [2.24, 2.45) is 5.73 Å². The molecule has 0 aliphatic rings. The Morgan fingerprint density at radius 3 is 2.67 bits per heavy atom. The van der Waals surface area contributed by atoms with Gasteiger partial charge in [-0.05, 0) is 31.2 Å². The van der Waals surface area contributed by atoms with Gasteiger partial charge in [0.1, 0.15) is 5.75 Å². The number of nitrogens with one attached hydrogen (secondary N) is 1. The van der Waals surface area contributed by atoms with Crippen molar-refractivity contribution >= 4 is 23.4 Å². The maximum Gasteiger partial charge on any atom is 0.234 e. The van der Waals surface area contributed by atoms with Crippen molar-refractivity contribution < 1.29 is 9.53 Å². The fraction of sp³-hybridized carbons (Fsp3) is 0.462. The minimum absolute atomic E-state index is 0.00976. The summed E-state index contributed by atoms with van der Waals surface area (Å²) in [5.74, 6) is 1.22. The summed E-state index contributed by atoms with van der Waals surface area (Å²) in [6.07, 6.45) is 0. The molecule has 4 nitrogen and oxygen atoms in total. The van der Waals surface area contributed by atoms with E-state index >= 15 is 0 Å².